The minimum atomic E-state index is -0.405. The van der Waals surface area contributed by atoms with Crippen molar-refractivity contribution in [1.29, 1.82) is 0 Å². The zero-order valence-electron chi connectivity index (χ0n) is 11.5. The predicted molar refractivity (Wildman–Crippen MR) is 79.9 cm³/mol. The molecule has 2 rings (SSSR count). The molecule has 110 valence electrons. The molecule has 1 atom stereocenters. The first-order chi connectivity index (χ1) is 10.1. The summed E-state index contributed by atoms with van der Waals surface area (Å²) in [5.74, 6) is -0.389. The number of amides is 1. The van der Waals surface area contributed by atoms with Gasteiger partial charge < -0.3 is 10.1 Å². The molecule has 0 spiro atoms. The van der Waals surface area contributed by atoms with Crippen molar-refractivity contribution in [3.05, 3.63) is 64.9 Å². The second-order valence-electron chi connectivity index (χ2n) is 4.56. The maximum atomic E-state index is 13.0. The molecule has 0 fully saturated rings. The van der Waals surface area contributed by atoms with Gasteiger partial charge in [-0.05, 0) is 30.7 Å². The van der Waals surface area contributed by atoms with Gasteiger partial charge in [0.05, 0.1) is 6.04 Å². The minimum absolute atomic E-state index is 0.182. The first-order valence-electron chi connectivity index (χ1n) is 6.48. The van der Waals surface area contributed by atoms with Crippen LogP contribution in [0.25, 0.3) is 0 Å². The lowest BCUT2D eigenvalue weighted by Gasteiger charge is -2.16. The van der Waals surface area contributed by atoms with E-state index in [1.54, 1.807) is 12.1 Å². The van der Waals surface area contributed by atoms with E-state index in [2.05, 4.69) is 5.32 Å². The van der Waals surface area contributed by atoms with Crippen LogP contribution in [0.4, 0.5) is 4.39 Å². The summed E-state index contributed by atoms with van der Waals surface area (Å²) in [4.78, 5) is 11.8. The van der Waals surface area contributed by atoms with Crippen molar-refractivity contribution in [1.82, 2.24) is 5.32 Å². The van der Waals surface area contributed by atoms with Gasteiger partial charge in [0.2, 0.25) is 0 Å². The van der Waals surface area contributed by atoms with Crippen molar-refractivity contribution >= 4 is 17.5 Å². The fourth-order valence-corrected chi connectivity index (χ4v) is 2.19. The summed E-state index contributed by atoms with van der Waals surface area (Å²) < 4.78 is 18.2. The fraction of sp³-hybridized carbons (Fsp3) is 0.188. The molecule has 0 saturated heterocycles. The number of benzene rings is 2. The first-order valence-corrected chi connectivity index (χ1v) is 6.86. The van der Waals surface area contributed by atoms with Crippen LogP contribution in [-0.2, 0) is 4.79 Å². The van der Waals surface area contributed by atoms with Crippen molar-refractivity contribution in [2.24, 2.45) is 0 Å². The smallest absolute Gasteiger partial charge is 0.258 e. The zero-order chi connectivity index (χ0) is 15.2. The lowest BCUT2D eigenvalue weighted by Crippen LogP contribution is -2.31. The molecule has 1 N–H and O–H groups in total. The normalized spacial score (nSPS) is 11.8. The van der Waals surface area contributed by atoms with Gasteiger partial charge in [0.25, 0.3) is 5.91 Å². The molecule has 21 heavy (non-hydrogen) atoms. The van der Waals surface area contributed by atoms with E-state index in [-0.39, 0.29) is 18.6 Å². The minimum Gasteiger partial charge on any atom is -0.484 e. The third-order valence-electron chi connectivity index (χ3n) is 2.92. The summed E-state index contributed by atoms with van der Waals surface area (Å²) in [6.07, 6.45) is 0. The van der Waals surface area contributed by atoms with E-state index in [4.69, 9.17) is 16.3 Å². The number of carbonyl (C=O) groups excluding carboxylic acids is 1. The highest BCUT2D eigenvalue weighted by molar-refractivity contribution is 6.31. The zero-order valence-corrected chi connectivity index (χ0v) is 12.2. The molecule has 0 aliphatic carbocycles. The van der Waals surface area contributed by atoms with Crippen LogP contribution in [0.15, 0.2) is 48.5 Å². The molecule has 3 nitrogen and oxygen atoms in total. The van der Waals surface area contributed by atoms with Gasteiger partial charge >= 0.3 is 0 Å². The molecule has 0 bridgehead atoms. The highest BCUT2D eigenvalue weighted by Gasteiger charge is 2.12. The number of rotatable bonds is 5. The van der Waals surface area contributed by atoms with Gasteiger partial charge in [-0.25, -0.2) is 4.39 Å². The lowest BCUT2D eigenvalue weighted by atomic mass is 10.1. The van der Waals surface area contributed by atoms with E-state index in [9.17, 15) is 9.18 Å². The van der Waals surface area contributed by atoms with Crippen LogP contribution in [0.1, 0.15) is 18.5 Å². The summed E-state index contributed by atoms with van der Waals surface area (Å²) in [5.41, 5.74) is 0.832. The average Bonchev–Trinajstić information content (AvgIpc) is 2.45. The van der Waals surface area contributed by atoms with E-state index >= 15 is 0 Å². The molecule has 5 heteroatoms. The number of carbonyl (C=O) groups is 1. The molecular formula is C16H15ClFNO2. The molecule has 0 aliphatic heterocycles. The third kappa shape index (κ3) is 4.46. The molecular weight excluding hydrogens is 293 g/mol. The Balaban J connectivity index is 1.89. The molecule has 0 aromatic heterocycles. The Labute approximate surface area is 127 Å². The van der Waals surface area contributed by atoms with Gasteiger partial charge in [0.1, 0.15) is 11.6 Å². The van der Waals surface area contributed by atoms with Crippen molar-refractivity contribution in [3.63, 3.8) is 0 Å². The number of halogens is 2. The van der Waals surface area contributed by atoms with Crippen LogP contribution in [0, 0.1) is 5.82 Å². The average molecular weight is 308 g/mol. The maximum absolute atomic E-state index is 13.0. The van der Waals surface area contributed by atoms with Crippen LogP contribution < -0.4 is 10.1 Å². The van der Waals surface area contributed by atoms with Crippen LogP contribution in [-0.4, -0.2) is 12.5 Å². The summed E-state index contributed by atoms with van der Waals surface area (Å²) >= 11 is 6.07. The van der Waals surface area contributed by atoms with Crippen molar-refractivity contribution in [2.45, 2.75) is 13.0 Å². The van der Waals surface area contributed by atoms with Gasteiger partial charge in [-0.15, -0.1) is 0 Å². The highest BCUT2D eigenvalue weighted by Crippen LogP contribution is 2.22. The summed E-state index contributed by atoms with van der Waals surface area (Å²) in [6, 6.07) is 12.7. The molecule has 2 aromatic carbocycles. The van der Waals surface area contributed by atoms with Gasteiger partial charge in [0.15, 0.2) is 6.61 Å². The van der Waals surface area contributed by atoms with Crippen LogP contribution in [0.5, 0.6) is 5.75 Å². The first kappa shape index (κ1) is 15.3. The standard InChI is InChI=1S/C16H15ClFNO2/c1-11(14-7-2-3-8-15(14)17)19-16(20)10-21-13-6-4-5-12(18)9-13/h2-9,11H,10H2,1H3,(H,19,20). The number of nitrogens with one attached hydrogen (secondary N) is 1. The highest BCUT2D eigenvalue weighted by atomic mass is 35.5. The van der Waals surface area contributed by atoms with E-state index in [1.807, 2.05) is 25.1 Å². The van der Waals surface area contributed by atoms with E-state index < -0.39 is 5.82 Å². The van der Waals surface area contributed by atoms with Gasteiger partial charge in [-0.2, -0.15) is 0 Å². The van der Waals surface area contributed by atoms with Crippen LogP contribution in [0.2, 0.25) is 5.02 Å². The second-order valence-corrected chi connectivity index (χ2v) is 4.96. The van der Waals surface area contributed by atoms with E-state index in [1.165, 1.54) is 18.2 Å². The molecule has 1 unspecified atom stereocenters. The molecule has 2 aromatic rings. The third-order valence-corrected chi connectivity index (χ3v) is 3.26. The summed E-state index contributed by atoms with van der Waals surface area (Å²) in [6.45, 7) is 1.65. The Morgan fingerprint density at radius 2 is 2.05 bits per heavy atom. The summed E-state index contributed by atoms with van der Waals surface area (Å²) in [5, 5.41) is 3.37. The molecule has 0 saturated carbocycles. The monoisotopic (exact) mass is 307 g/mol. The van der Waals surface area contributed by atoms with E-state index in [0.717, 1.165) is 5.56 Å². The quantitative estimate of drug-likeness (QED) is 0.914. The van der Waals surface area contributed by atoms with Crippen molar-refractivity contribution < 1.29 is 13.9 Å². The molecule has 0 heterocycles. The largest absolute Gasteiger partial charge is 0.484 e. The molecule has 0 aliphatic rings. The second kappa shape index (κ2) is 7.09. The van der Waals surface area contributed by atoms with Crippen molar-refractivity contribution in [2.75, 3.05) is 6.61 Å². The molecule has 1 amide bonds. The van der Waals surface area contributed by atoms with Crippen LogP contribution >= 0.6 is 11.6 Å². The summed E-state index contributed by atoms with van der Waals surface area (Å²) in [7, 11) is 0. The Hall–Kier alpha value is -2.07. The topological polar surface area (TPSA) is 38.3 Å². The SMILES string of the molecule is CC(NC(=O)COc1cccc(F)c1)c1ccccc1Cl. The van der Waals surface area contributed by atoms with Gasteiger partial charge in [-0.3, -0.25) is 4.79 Å². The van der Waals surface area contributed by atoms with Crippen LogP contribution in [0.3, 0.4) is 0 Å². The Morgan fingerprint density at radius 3 is 2.76 bits per heavy atom. The Bertz CT molecular complexity index is 633. The van der Waals surface area contributed by atoms with Gasteiger partial charge in [0, 0.05) is 11.1 Å². The number of ether oxygens (including phenoxy) is 1. The number of hydrogen-bond acceptors (Lipinski definition) is 2. The lowest BCUT2D eigenvalue weighted by molar-refractivity contribution is -0.123. The molecule has 0 radical (unpaired) electrons. The Morgan fingerprint density at radius 1 is 1.29 bits per heavy atom. The van der Waals surface area contributed by atoms with E-state index in [0.29, 0.717) is 10.8 Å². The number of hydrogen-bond donors (Lipinski definition) is 1. The predicted octanol–water partition coefficient (Wildman–Crippen LogP) is 3.74. The van der Waals surface area contributed by atoms with Crippen molar-refractivity contribution in [3.8, 4) is 5.75 Å². The fourth-order valence-electron chi connectivity index (χ4n) is 1.89. The Kier molecular flexibility index (Phi) is 5.17. The van der Waals surface area contributed by atoms with Gasteiger partial charge in [-0.1, -0.05) is 35.9 Å². The maximum Gasteiger partial charge on any atom is 0.258 e.